The predicted octanol–water partition coefficient (Wildman–Crippen LogP) is 5.34. The summed E-state index contributed by atoms with van der Waals surface area (Å²) in [5.74, 6) is 0.592. The number of halogens is 2. The first kappa shape index (κ1) is 38.9. The molecular weight excluding hydrogens is 655 g/mol. The van der Waals surface area contributed by atoms with Crippen LogP contribution in [-0.2, 0) is 41.5 Å². The molecule has 0 amide bonds. The summed E-state index contributed by atoms with van der Waals surface area (Å²) >= 11 is 1.55. The van der Waals surface area contributed by atoms with E-state index in [1.165, 1.54) is 83.7 Å². The van der Waals surface area contributed by atoms with E-state index in [0.717, 1.165) is 6.42 Å². The molecule has 2 aromatic rings. The van der Waals surface area contributed by atoms with Crippen molar-refractivity contribution < 1.29 is 49.0 Å². The molecule has 4 aliphatic rings. The van der Waals surface area contributed by atoms with E-state index in [1.54, 1.807) is 24.2 Å². The third-order valence-electron chi connectivity index (χ3n) is 9.00. The van der Waals surface area contributed by atoms with Crippen molar-refractivity contribution >= 4 is 14.4 Å². The molecule has 0 aromatic heterocycles. The van der Waals surface area contributed by atoms with Gasteiger partial charge in [-0.15, -0.1) is 11.6 Å². The standard InChI is InChI=1S/C25H25.C13H21.C3H6.2ClH.Zr/c1-14-12-24(3,4)22-8-16-7-17-9-23-19(15(2)13-25(23,5)6)11-21(17)20(16)10-18(14)22;1-5-6-7-11-8-9-12(10-11)13(2,3)4;1-3-2;;;/h8-12H,7H2,1-6H3;9-11H,5-7H2,1-4H3;1-2H3;2*1H;/q2*-1;;;;+2/p-2. The van der Waals surface area contributed by atoms with E-state index in [9.17, 15) is 0 Å². The van der Waals surface area contributed by atoms with Crippen LogP contribution in [0.5, 0.6) is 0 Å². The monoisotopic (exact) mass is 704 g/mol. The maximum absolute atomic E-state index is 3.65. The van der Waals surface area contributed by atoms with Gasteiger partial charge < -0.3 is 24.8 Å². The molecule has 0 bridgehead atoms. The van der Waals surface area contributed by atoms with Crippen molar-refractivity contribution in [2.24, 2.45) is 11.3 Å². The fourth-order valence-electron chi connectivity index (χ4n) is 6.84. The Kier molecular flexibility index (Phi) is 13.0. The minimum absolute atomic E-state index is 0. The summed E-state index contributed by atoms with van der Waals surface area (Å²) in [6.07, 6.45) is 19.0. The zero-order valence-corrected chi connectivity index (χ0v) is 33.2. The third kappa shape index (κ3) is 8.35. The molecule has 44 heavy (non-hydrogen) atoms. The molecule has 0 saturated heterocycles. The SMILES string of the molecule is CC1=[C-]C(C)(C)c2cc3c(cc21)-c1cc2c(cc1C3)C(C)(C)C=C2C.CCCCC1[C-]=CC(C(C)(C)C)=C1.C[C](C)=[Zr+2].[Cl-].[Cl-]. The van der Waals surface area contributed by atoms with Gasteiger partial charge in [-0.2, -0.15) is 17.2 Å². The smallest absolute Gasteiger partial charge is 1.00 e. The van der Waals surface area contributed by atoms with Crippen LogP contribution < -0.4 is 24.8 Å². The van der Waals surface area contributed by atoms with Gasteiger partial charge in [0.2, 0.25) is 0 Å². The Morgan fingerprint density at radius 3 is 1.95 bits per heavy atom. The number of hydrogen-bond donors (Lipinski definition) is 0. The largest absolute Gasteiger partial charge is 1.00 e. The van der Waals surface area contributed by atoms with E-state index in [4.69, 9.17) is 0 Å². The molecule has 3 heteroatoms. The van der Waals surface area contributed by atoms with Crippen molar-refractivity contribution in [1.82, 2.24) is 0 Å². The number of benzene rings is 2. The molecule has 0 nitrogen and oxygen atoms in total. The predicted molar refractivity (Wildman–Crippen MR) is 181 cm³/mol. The Labute approximate surface area is 297 Å². The fourth-order valence-corrected chi connectivity index (χ4v) is 6.84. The summed E-state index contributed by atoms with van der Waals surface area (Å²) in [4.78, 5) is 0. The van der Waals surface area contributed by atoms with Crippen LogP contribution in [-0.4, -0.2) is 3.21 Å². The first-order valence-corrected chi connectivity index (χ1v) is 17.2. The zero-order chi connectivity index (χ0) is 31.2. The molecular formula is C41H52Cl2Zr-2. The average Bonchev–Trinajstić information content (AvgIpc) is 3.59. The number of hydrogen-bond acceptors (Lipinski definition) is 0. The third-order valence-corrected chi connectivity index (χ3v) is 9.00. The van der Waals surface area contributed by atoms with Gasteiger partial charge in [0.15, 0.2) is 0 Å². The maximum atomic E-state index is 3.65. The van der Waals surface area contributed by atoms with Crippen molar-refractivity contribution in [1.29, 1.82) is 0 Å². The number of allylic oxidation sites excluding steroid dienone is 8. The van der Waals surface area contributed by atoms with Crippen LogP contribution in [0.4, 0.5) is 0 Å². The average molecular weight is 707 g/mol. The van der Waals surface area contributed by atoms with Gasteiger partial charge in [-0.25, -0.2) is 11.6 Å². The van der Waals surface area contributed by atoms with Crippen molar-refractivity contribution in [3.05, 3.63) is 93.6 Å². The van der Waals surface area contributed by atoms with Crippen LogP contribution >= 0.6 is 0 Å². The summed E-state index contributed by atoms with van der Waals surface area (Å²) < 4.78 is 1.51. The molecule has 0 aliphatic heterocycles. The fraction of sp³-hybridized carbons (Fsp3) is 0.488. The first-order chi connectivity index (χ1) is 19.4. The van der Waals surface area contributed by atoms with Crippen molar-refractivity contribution in [3.63, 3.8) is 0 Å². The molecule has 4 aliphatic carbocycles. The molecule has 6 rings (SSSR count). The van der Waals surface area contributed by atoms with E-state index in [2.05, 4.69) is 138 Å². The van der Waals surface area contributed by atoms with Gasteiger partial charge in [-0.3, -0.25) is 12.2 Å². The second-order valence-corrected chi connectivity index (χ2v) is 17.6. The minimum Gasteiger partial charge on any atom is -1.00 e. The van der Waals surface area contributed by atoms with Crippen molar-refractivity contribution in [3.8, 4) is 11.1 Å². The van der Waals surface area contributed by atoms with Gasteiger partial charge in [0.25, 0.3) is 0 Å². The van der Waals surface area contributed by atoms with Gasteiger partial charge in [0.05, 0.1) is 0 Å². The van der Waals surface area contributed by atoms with Crippen molar-refractivity contribution in [2.45, 2.75) is 120 Å². The topological polar surface area (TPSA) is 0 Å². The van der Waals surface area contributed by atoms with E-state index in [-0.39, 0.29) is 35.6 Å². The molecule has 0 saturated carbocycles. The van der Waals surface area contributed by atoms with E-state index >= 15 is 0 Å². The Bertz CT molecular complexity index is 1430. The van der Waals surface area contributed by atoms with E-state index in [0.29, 0.717) is 11.3 Å². The molecule has 0 heterocycles. The van der Waals surface area contributed by atoms with Crippen molar-refractivity contribution in [2.75, 3.05) is 0 Å². The quantitative estimate of drug-likeness (QED) is 0.323. The van der Waals surface area contributed by atoms with Gasteiger partial charge in [-0.05, 0) is 58.4 Å². The van der Waals surface area contributed by atoms with Crippen LogP contribution in [0.2, 0.25) is 0 Å². The molecule has 0 radical (unpaired) electrons. The number of rotatable bonds is 3. The molecule has 1 unspecified atom stereocenters. The Morgan fingerprint density at radius 1 is 0.886 bits per heavy atom. The number of fused-ring (bicyclic) bond motifs is 5. The summed E-state index contributed by atoms with van der Waals surface area (Å²) in [6, 6.07) is 9.81. The molecule has 0 fully saturated rings. The summed E-state index contributed by atoms with van der Waals surface area (Å²) in [5, 5.41) is 0. The first-order valence-electron chi connectivity index (χ1n) is 15.9. The molecule has 0 N–H and O–H groups in total. The van der Waals surface area contributed by atoms with Crippen LogP contribution in [0.1, 0.15) is 136 Å². The second-order valence-electron chi connectivity index (χ2n) is 15.1. The molecule has 2 aromatic carbocycles. The molecule has 1 atom stereocenters. The van der Waals surface area contributed by atoms with Gasteiger partial charge >= 0.3 is 41.3 Å². The second kappa shape index (κ2) is 14.7. The van der Waals surface area contributed by atoms with Gasteiger partial charge in [0, 0.05) is 5.41 Å². The van der Waals surface area contributed by atoms with Gasteiger partial charge in [0.1, 0.15) is 0 Å². The van der Waals surface area contributed by atoms with Crippen LogP contribution in [0.15, 0.2) is 48.1 Å². The molecule has 0 spiro atoms. The summed E-state index contributed by atoms with van der Waals surface area (Å²) in [7, 11) is 0. The Hall–Kier alpha value is -1.27. The Morgan fingerprint density at radius 2 is 1.43 bits per heavy atom. The summed E-state index contributed by atoms with van der Waals surface area (Å²) in [6.45, 7) is 27.0. The summed E-state index contributed by atoms with van der Waals surface area (Å²) in [5.41, 5.74) is 16.3. The number of unbranched alkanes of at least 4 members (excludes halogenated alkanes) is 1. The van der Waals surface area contributed by atoms with Gasteiger partial charge in [-0.1, -0.05) is 117 Å². The van der Waals surface area contributed by atoms with Crippen LogP contribution in [0.3, 0.4) is 0 Å². The van der Waals surface area contributed by atoms with Crippen LogP contribution in [0.25, 0.3) is 22.3 Å². The molecule has 236 valence electrons. The zero-order valence-electron chi connectivity index (χ0n) is 29.2. The normalized spacial score (nSPS) is 18.9. The van der Waals surface area contributed by atoms with Crippen LogP contribution in [0, 0.1) is 23.5 Å². The van der Waals surface area contributed by atoms with E-state index in [1.807, 2.05) is 0 Å². The Balaban J connectivity index is 0.000000303. The minimum atomic E-state index is 0. The van der Waals surface area contributed by atoms with E-state index < -0.39 is 0 Å². The maximum Gasteiger partial charge on any atom is -1.00 e.